The fraction of sp³-hybridized carbons (Fsp3) is 0.294. The minimum Gasteiger partial charge on any atom is -0.338 e. The average Bonchev–Trinajstić information content (AvgIpc) is 3.10. The largest absolute Gasteiger partial charge is 0.338 e. The zero-order valence-corrected chi connectivity index (χ0v) is 13.9. The van der Waals surface area contributed by atoms with Crippen molar-refractivity contribution in [1.29, 1.82) is 0 Å². The minimum absolute atomic E-state index is 0.648. The molecule has 0 saturated heterocycles. The summed E-state index contributed by atoms with van der Waals surface area (Å²) >= 11 is 1.78. The van der Waals surface area contributed by atoms with Gasteiger partial charge in [0.15, 0.2) is 0 Å². The van der Waals surface area contributed by atoms with Crippen LogP contribution in [0.5, 0.6) is 0 Å². The molecule has 114 valence electrons. The van der Waals surface area contributed by atoms with E-state index in [1.165, 1.54) is 10.4 Å². The van der Waals surface area contributed by atoms with E-state index < -0.39 is 0 Å². The molecule has 3 rings (SSSR count). The first-order valence-corrected chi connectivity index (χ1v) is 8.11. The molecule has 0 aliphatic rings. The summed E-state index contributed by atoms with van der Waals surface area (Å²) < 4.78 is 5.39. The Morgan fingerprint density at radius 3 is 2.64 bits per heavy atom. The van der Waals surface area contributed by atoms with Crippen molar-refractivity contribution in [3.05, 3.63) is 57.6 Å². The van der Waals surface area contributed by atoms with Gasteiger partial charge in [0.1, 0.15) is 0 Å². The normalized spacial score (nSPS) is 11.3. The van der Waals surface area contributed by atoms with Crippen LogP contribution in [-0.2, 0) is 13.1 Å². The van der Waals surface area contributed by atoms with Crippen molar-refractivity contribution >= 4 is 11.3 Å². The van der Waals surface area contributed by atoms with Crippen LogP contribution in [0.4, 0.5) is 0 Å². The second-order valence-corrected chi connectivity index (χ2v) is 6.53. The first-order chi connectivity index (χ1) is 10.6. The van der Waals surface area contributed by atoms with Gasteiger partial charge in [0.25, 0.3) is 0 Å². The van der Waals surface area contributed by atoms with Crippen molar-refractivity contribution in [3.63, 3.8) is 0 Å². The van der Waals surface area contributed by atoms with Gasteiger partial charge in [-0.15, -0.1) is 11.3 Å². The lowest BCUT2D eigenvalue weighted by Gasteiger charge is -2.13. The Kier molecular flexibility index (Phi) is 4.36. The summed E-state index contributed by atoms with van der Waals surface area (Å²) in [6, 6.07) is 10.2. The van der Waals surface area contributed by atoms with Crippen molar-refractivity contribution in [2.24, 2.45) is 0 Å². The highest BCUT2D eigenvalue weighted by Crippen LogP contribution is 2.21. The highest BCUT2D eigenvalue weighted by atomic mass is 32.1. The summed E-state index contributed by atoms with van der Waals surface area (Å²) in [6.07, 6.45) is 0. The molecule has 0 amide bonds. The predicted octanol–water partition coefficient (Wildman–Crippen LogP) is 4.05. The van der Waals surface area contributed by atoms with Crippen molar-refractivity contribution in [1.82, 2.24) is 15.0 Å². The molecule has 0 N–H and O–H groups in total. The van der Waals surface area contributed by atoms with Crippen LogP contribution < -0.4 is 0 Å². The lowest BCUT2D eigenvalue weighted by atomic mass is 10.1. The molecule has 2 aromatic heterocycles. The van der Waals surface area contributed by atoms with Gasteiger partial charge in [-0.25, -0.2) is 0 Å². The van der Waals surface area contributed by atoms with Crippen molar-refractivity contribution in [2.45, 2.75) is 26.9 Å². The van der Waals surface area contributed by atoms with Crippen molar-refractivity contribution < 1.29 is 4.52 Å². The second-order valence-electron chi connectivity index (χ2n) is 5.53. The number of rotatable bonds is 5. The number of aromatic nitrogens is 2. The van der Waals surface area contributed by atoms with Gasteiger partial charge in [0.05, 0.1) is 6.54 Å². The summed E-state index contributed by atoms with van der Waals surface area (Å²) in [5.74, 6) is 1.31. The molecule has 5 heteroatoms. The van der Waals surface area contributed by atoms with E-state index in [1.807, 2.05) is 18.2 Å². The van der Waals surface area contributed by atoms with Crippen LogP contribution in [0, 0.1) is 13.8 Å². The Morgan fingerprint density at radius 1 is 1.09 bits per heavy atom. The average molecular weight is 313 g/mol. The van der Waals surface area contributed by atoms with Crippen LogP contribution in [0.2, 0.25) is 0 Å². The van der Waals surface area contributed by atoms with Crippen molar-refractivity contribution in [3.8, 4) is 11.4 Å². The fourth-order valence-electron chi connectivity index (χ4n) is 2.35. The molecule has 0 aliphatic carbocycles. The summed E-state index contributed by atoms with van der Waals surface area (Å²) in [7, 11) is 2.07. The van der Waals surface area contributed by atoms with Crippen LogP contribution in [-0.4, -0.2) is 22.1 Å². The molecule has 0 atom stereocenters. The van der Waals surface area contributed by atoms with E-state index in [0.717, 1.165) is 17.7 Å². The van der Waals surface area contributed by atoms with Gasteiger partial charge >= 0.3 is 0 Å². The zero-order chi connectivity index (χ0) is 15.5. The lowest BCUT2D eigenvalue weighted by Crippen LogP contribution is -2.17. The maximum Gasteiger partial charge on any atom is 0.241 e. The molecule has 0 aliphatic heterocycles. The van der Waals surface area contributed by atoms with Gasteiger partial charge in [-0.1, -0.05) is 29.4 Å². The molecule has 0 unspecified atom stereocenters. The maximum absolute atomic E-state index is 5.39. The number of nitrogens with zero attached hydrogens (tertiary/aromatic N) is 3. The summed E-state index contributed by atoms with van der Waals surface area (Å²) in [5.41, 5.74) is 3.51. The molecule has 0 fully saturated rings. The SMILES string of the molecule is Cc1ccccc1-c1noc(CN(C)Cc2sccc2C)n1. The first-order valence-electron chi connectivity index (χ1n) is 7.23. The summed E-state index contributed by atoms with van der Waals surface area (Å²) in [5, 5.41) is 6.23. The van der Waals surface area contributed by atoms with Crippen LogP contribution in [0.1, 0.15) is 21.9 Å². The quantitative estimate of drug-likeness (QED) is 0.713. The van der Waals surface area contributed by atoms with Gasteiger partial charge in [0.2, 0.25) is 11.7 Å². The maximum atomic E-state index is 5.39. The monoisotopic (exact) mass is 313 g/mol. The fourth-order valence-corrected chi connectivity index (χ4v) is 3.34. The number of hydrogen-bond acceptors (Lipinski definition) is 5. The van der Waals surface area contributed by atoms with Crippen molar-refractivity contribution in [2.75, 3.05) is 7.05 Å². The van der Waals surface area contributed by atoms with Crippen LogP contribution in [0.15, 0.2) is 40.2 Å². The van der Waals surface area contributed by atoms with E-state index in [-0.39, 0.29) is 0 Å². The molecule has 0 spiro atoms. The molecule has 2 heterocycles. The minimum atomic E-state index is 0.648. The van der Waals surface area contributed by atoms with E-state index in [1.54, 1.807) is 11.3 Å². The lowest BCUT2D eigenvalue weighted by molar-refractivity contribution is 0.262. The topological polar surface area (TPSA) is 42.2 Å². The summed E-state index contributed by atoms with van der Waals surface area (Å²) in [6.45, 7) is 5.74. The molecule has 1 aromatic carbocycles. The van der Waals surface area contributed by atoms with Crippen LogP contribution in [0.3, 0.4) is 0 Å². The number of thiophene rings is 1. The Labute approximate surface area is 134 Å². The smallest absolute Gasteiger partial charge is 0.241 e. The first kappa shape index (κ1) is 14.9. The Balaban J connectivity index is 1.69. The molecule has 0 saturated carbocycles. The molecule has 4 nitrogen and oxygen atoms in total. The van der Waals surface area contributed by atoms with Gasteiger partial charge in [-0.2, -0.15) is 4.98 Å². The third-order valence-electron chi connectivity index (χ3n) is 3.64. The molecule has 0 bridgehead atoms. The Bertz CT molecular complexity index is 763. The molecule has 22 heavy (non-hydrogen) atoms. The van der Waals surface area contributed by atoms with E-state index in [4.69, 9.17) is 4.52 Å². The van der Waals surface area contributed by atoms with E-state index in [0.29, 0.717) is 18.3 Å². The third kappa shape index (κ3) is 3.26. The van der Waals surface area contributed by atoms with E-state index >= 15 is 0 Å². The molecular weight excluding hydrogens is 294 g/mol. The number of aryl methyl sites for hydroxylation is 2. The highest BCUT2D eigenvalue weighted by molar-refractivity contribution is 7.10. The molecule has 3 aromatic rings. The third-order valence-corrected chi connectivity index (χ3v) is 4.65. The van der Waals surface area contributed by atoms with Gasteiger partial charge in [-0.05, 0) is 43.5 Å². The van der Waals surface area contributed by atoms with Gasteiger partial charge in [-0.3, -0.25) is 4.90 Å². The number of hydrogen-bond donors (Lipinski definition) is 0. The second kappa shape index (κ2) is 6.42. The zero-order valence-electron chi connectivity index (χ0n) is 13.0. The van der Waals surface area contributed by atoms with Crippen LogP contribution in [0.25, 0.3) is 11.4 Å². The van der Waals surface area contributed by atoms with E-state index in [2.05, 4.69) is 53.4 Å². The standard InChI is InChI=1S/C17H19N3OS/c1-12-6-4-5-7-14(12)17-18-16(21-19-17)11-20(3)10-15-13(2)8-9-22-15/h4-9H,10-11H2,1-3H3. The highest BCUT2D eigenvalue weighted by Gasteiger charge is 2.13. The predicted molar refractivity (Wildman–Crippen MR) is 88.7 cm³/mol. The number of benzene rings is 1. The van der Waals surface area contributed by atoms with Gasteiger partial charge < -0.3 is 4.52 Å². The molecule has 0 radical (unpaired) electrons. The van der Waals surface area contributed by atoms with E-state index in [9.17, 15) is 0 Å². The van der Waals surface area contributed by atoms with Gasteiger partial charge in [0, 0.05) is 17.0 Å². The Morgan fingerprint density at radius 2 is 1.91 bits per heavy atom. The summed E-state index contributed by atoms with van der Waals surface area (Å²) in [4.78, 5) is 8.08. The molecular formula is C17H19N3OS. The Hall–Kier alpha value is -1.98. The van der Waals surface area contributed by atoms with Crippen LogP contribution >= 0.6 is 11.3 Å².